The van der Waals surface area contributed by atoms with E-state index in [1.807, 2.05) is 0 Å². The number of hydrogen-bond donors (Lipinski definition) is 2. The number of anilines is 1. The van der Waals surface area contributed by atoms with Gasteiger partial charge in [-0.15, -0.1) is 0 Å². The molecule has 6 heteroatoms. The number of carbonyl (C=O) groups excluding carboxylic acids is 1. The third kappa shape index (κ3) is 2.80. The normalized spacial score (nSPS) is 11.1. The van der Waals surface area contributed by atoms with Crippen molar-refractivity contribution in [3.8, 4) is 0 Å². The zero-order chi connectivity index (χ0) is 12.2. The Balaban J connectivity index is 3.16. The zero-order valence-electron chi connectivity index (χ0n) is 9.15. The fourth-order valence-corrected chi connectivity index (χ4v) is 2.04. The van der Waals surface area contributed by atoms with Gasteiger partial charge in [0.15, 0.2) is 0 Å². The summed E-state index contributed by atoms with van der Waals surface area (Å²) in [6.45, 7) is 1.70. The first kappa shape index (κ1) is 12.7. The molecule has 0 saturated heterocycles. The van der Waals surface area contributed by atoms with Gasteiger partial charge in [-0.1, -0.05) is 19.1 Å². The molecule has 0 aromatic heterocycles. The second kappa shape index (κ2) is 5.09. The minimum absolute atomic E-state index is 0.0688. The van der Waals surface area contributed by atoms with Crippen LogP contribution in [0.4, 0.5) is 5.69 Å². The highest BCUT2D eigenvalue weighted by Crippen LogP contribution is 2.20. The molecule has 0 aliphatic rings. The van der Waals surface area contributed by atoms with Gasteiger partial charge in [-0.05, 0) is 19.2 Å². The first-order valence-corrected chi connectivity index (χ1v) is 6.32. The van der Waals surface area contributed by atoms with Gasteiger partial charge < -0.3 is 5.32 Å². The molecule has 0 bridgehead atoms. The number of amides is 1. The van der Waals surface area contributed by atoms with Gasteiger partial charge in [-0.3, -0.25) is 4.79 Å². The lowest BCUT2D eigenvalue weighted by Crippen LogP contribution is -2.21. The molecule has 0 fully saturated rings. The average molecular weight is 242 g/mol. The number of benzene rings is 1. The third-order valence-electron chi connectivity index (χ3n) is 2.04. The molecule has 1 amide bonds. The topological polar surface area (TPSA) is 75.3 Å². The van der Waals surface area contributed by atoms with E-state index in [4.69, 9.17) is 0 Å². The molecule has 0 saturated carbocycles. The molecule has 0 radical (unpaired) electrons. The van der Waals surface area contributed by atoms with Crippen LogP contribution in [0.25, 0.3) is 0 Å². The van der Waals surface area contributed by atoms with E-state index in [9.17, 15) is 13.2 Å². The lowest BCUT2D eigenvalue weighted by molar-refractivity contribution is -0.115. The van der Waals surface area contributed by atoms with Crippen LogP contribution in [0.3, 0.4) is 0 Å². The van der Waals surface area contributed by atoms with Crippen LogP contribution in [0, 0.1) is 0 Å². The number of sulfonamides is 1. The van der Waals surface area contributed by atoms with Crippen LogP contribution in [-0.2, 0) is 14.8 Å². The number of nitrogens with one attached hydrogen (secondary N) is 2. The Morgan fingerprint density at radius 1 is 1.31 bits per heavy atom. The predicted molar refractivity (Wildman–Crippen MR) is 61.6 cm³/mol. The molecule has 2 N–H and O–H groups in total. The van der Waals surface area contributed by atoms with Gasteiger partial charge in [0.2, 0.25) is 15.9 Å². The van der Waals surface area contributed by atoms with Crippen molar-refractivity contribution < 1.29 is 13.2 Å². The maximum absolute atomic E-state index is 11.6. The van der Waals surface area contributed by atoms with Crippen molar-refractivity contribution in [3.05, 3.63) is 24.3 Å². The van der Waals surface area contributed by atoms with Gasteiger partial charge in [0.1, 0.15) is 4.90 Å². The maximum atomic E-state index is 11.6. The van der Waals surface area contributed by atoms with Crippen molar-refractivity contribution in [1.82, 2.24) is 4.72 Å². The van der Waals surface area contributed by atoms with E-state index in [1.54, 1.807) is 25.1 Å². The first-order valence-electron chi connectivity index (χ1n) is 4.83. The van der Waals surface area contributed by atoms with Crippen molar-refractivity contribution >= 4 is 21.6 Å². The average Bonchev–Trinajstić information content (AvgIpc) is 2.29. The minimum Gasteiger partial charge on any atom is -0.325 e. The van der Waals surface area contributed by atoms with E-state index in [1.165, 1.54) is 13.1 Å². The lowest BCUT2D eigenvalue weighted by Gasteiger charge is -2.10. The largest absolute Gasteiger partial charge is 0.325 e. The van der Waals surface area contributed by atoms with Crippen LogP contribution >= 0.6 is 0 Å². The molecule has 1 aromatic carbocycles. The van der Waals surface area contributed by atoms with Crippen LogP contribution < -0.4 is 10.0 Å². The van der Waals surface area contributed by atoms with Crippen molar-refractivity contribution in [2.75, 3.05) is 12.4 Å². The zero-order valence-corrected chi connectivity index (χ0v) is 9.97. The lowest BCUT2D eigenvalue weighted by atomic mass is 10.3. The van der Waals surface area contributed by atoms with Gasteiger partial charge in [0.25, 0.3) is 0 Å². The summed E-state index contributed by atoms with van der Waals surface area (Å²) < 4.78 is 25.5. The molecule has 0 spiro atoms. The molecule has 1 aromatic rings. The Hall–Kier alpha value is -1.40. The summed E-state index contributed by atoms with van der Waals surface area (Å²) in [5, 5.41) is 2.54. The summed E-state index contributed by atoms with van der Waals surface area (Å²) in [6, 6.07) is 6.26. The van der Waals surface area contributed by atoms with Crippen molar-refractivity contribution in [3.63, 3.8) is 0 Å². The smallest absolute Gasteiger partial charge is 0.242 e. The molecule has 5 nitrogen and oxygen atoms in total. The summed E-state index contributed by atoms with van der Waals surface area (Å²) in [7, 11) is -2.22. The van der Waals surface area contributed by atoms with Gasteiger partial charge in [-0.2, -0.15) is 0 Å². The monoisotopic (exact) mass is 242 g/mol. The number of hydrogen-bond acceptors (Lipinski definition) is 3. The standard InChI is InChI=1S/C10H14N2O3S/c1-3-10(13)12-8-6-4-5-7-9(8)16(14,15)11-2/h4-7,11H,3H2,1-2H3,(H,12,13). The quantitative estimate of drug-likeness (QED) is 0.825. The summed E-state index contributed by atoms with van der Waals surface area (Å²) in [6.07, 6.45) is 0.300. The molecular formula is C10H14N2O3S. The van der Waals surface area contributed by atoms with Crippen LogP contribution in [0.15, 0.2) is 29.2 Å². The first-order chi connectivity index (χ1) is 7.51. The second-order valence-electron chi connectivity index (χ2n) is 3.11. The molecule has 1 rings (SSSR count). The highest BCUT2D eigenvalue weighted by molar-refractivity contribution is 7.89. The second-order valence-corrected chi connectivity index (χ2v) is 4.96. The Labute approximate surface area is 94.9 Å². The van der Waals surface area contributed by atoms with Crippen LogP contribution in [0.1, 0.15) is 13.3 Å². The predicted octanol–water partition coefficient (Wildman–Crippen LogP) is 0.943. The molecule has 0 aliphatic heterocycles. The molecule has 0 aliphatic carbocycles. The van der Waals surface area contributed by atoms with E-state index < -0.39 is 10.0 Å². The minimum atomic E-state index is -3.55. The Morgan fingerprint density at radius 2 is 1.94 bits per heavy atom. The highest BCUT2D eigenvalue weighted by atomic mass is 32.2. The SMILES string of the molecule is CCC(=O)Nc1ccccc1S(=O)(=O)NC. The molecular weight excluding hydrogens is 228 g/mol. The summed E-state index contributed by atoms with van der Waals surface area (Å²) in [4.78, 5) is 11.3. The van der Waals surface area contributed by atoms with E-state index in [-0.39, 0.29) is 10.8 Å². The fourth-order valence-electron chi connectivity index (χ4n) is 1.15. The van der Waals surface area contributed by atoms with Crippen LogP contribution in [0.5, 0.6) is 0 Å². The number of rotatable bonds is 4. The summed E-state index contributed by atoms with van der Waals surface area (Å²) >= 11 is 0. The third-order valence-corrected chi connectivity index (χ3v) is 3.51. The highest BCUT2D eigenvalue weighted by Gasteiger charge is 2.16. The fraction of sp³-hybridized carbons (Fsp3) is 0.300. The molecule has 0 atom stereocenters. The molecule has 0 unspecified atom stereocenters. The Bertz CT molecular complexity index is 483. The van der Waals surface area contributed by atoms with Crippen molar-refractivity contribution in [1.29, 1.82) is 0 Å². The maximum Gasteiger partial charge on any atom is 0.242 e. The Morgan fingerprint density at radius 3 is 2.50 bits per heavy atom. The van der Waals surface area contributed by atoms with E-state index in [2.05, 4.69) is 10.0 Å². The Kier molecular flexibility index (Phi) is 4.03. The van der Waals surface area contributed by atoms with Crippen LogP contribution in [0.2, 0.25) is 0 Å². The number of carbonyl (C=O) groups is 1. The van der Waals surface area contributed by atoms with Crippen LogP contribution in [-0.4, -0.2) is 21.4 Å². The van der Waals surface area contributed by atoms with Gasteiger partial charge >= 0.3 is 0 Å². The molecule has 0 heterocycles. The van der Waals surface area contributed by atoms with Gasteiger partial charge in [0.05, 0.1) is 5.69 Å². The van der Waals surface area contributed by atoms with E-state index in [0.717, 1.165) is 0 Å². The van der Waals surface area contributed by atoms with Crippen molar-refractivity contribution in [2.24, 2.45) is 0 Å². The van der Waals surface area contributed by atoms with Gasteiger partial charge in [-0.25, -0.2) is 13.1 Å². The summed E-state index contributed by atoms with van der Waals surface area (Å²) in [5.74, 6) is -0.223. The summed E-state index contributed by atoms with van der Waals surface area (Å²) in [5.41, 5.74) is 0.295. The molecule has 16 heavy (non-hydrogen) atoms. The van der Waals surface area contributed by atoms with Gasteiger partial charge in [0, 0.05) is 6.42 Å². The van der Waals surface area contributed by atoms with E-state index in [0.29, 0.717) is 12.1 Å². The van der Waals surface area contributed by atoms with E-state index >= 15 is 0 Å². The van der Waals surface area contributed by atoms with Crippen molar-refractivity contribution in [2.45, 2.75) is 18.2 Å². The number of para-hydroxylation sites is 1. The molecule has 88 valence electrons.